The van der Waals surface area contributed by atoms with Gasteiger partial charge in [-0.1, -0.05) is 30.3 Å². The number of ether oxygens (including phenoxy) is 1. The molecule has 1 fully saturated rings. The average Bonchev–Trinajstić information content (AvgIpc) is 3.16. The summed E-state index contributed by atoms with van der Waals surface area (Å²) >= 11 is 6.10. The first-order valence-corrected chi connectivity index (χ1v) is 10.1. The van der Waals surface area contributed by atoms with Crippen LogP contribution in [0.5, 0.6) is 0 Å². The molecular formula is C20H22ClN5O4. The number of carbonyl (C=O) groups is 2. The zero-order chi connectivity index (χ0) is 21.3. The van der Waals surface area contributed by atoms with Gasteiger partial charge in [-0.05, 0) is 24.1 Å². The van der Waals surface area contributed by atoms with E-state index in [-0.39, 0.29) is 37.1 Å². The highest BCUT2D eigenvalue weighted by molar-refractivity contribution is 6.28. The molecule has 30 heavy (non-hydrogen) atoms. The van der Waals surface area contributed by atoms with Crippen LogP contribution in [0.15, 0.2) is 30.3 Å². The van der Waals surface area contributed by atoms with E-state index in [1.54, 1.807) is 4.90 Å². The van der Waals surface area contributed by atoms with Crippen LogP contribution in [0.25, 0.3) is 0 Å². The Kier molecular flexibility index (Phi) is 5.63. The Morgan fingerprint density at radius 2 is 1.93 bits per heavy atom. The van der Waals surface area contributed by atoms with Gasteiger partial charge in [-0.2, -0.15) is 0 Å². The number of rotatable bonds is 3. The zero-order valence-corrected chi connectivity index (χ0v) is 17.2. The zero-order valence-electron chi connectivity index (χ0n) is 16.5. The fraction of sp³-hybridized carbons (Fsp3) is 0.400. The monoisotopic (exact) mass is 431 g/mol. The number of aromatic nitrogens is 2. The van der Waals surface area contributed by atoms with Crippen molar-refractivity contribution in [1.82, 2.24) is 19.8 Å². The first-order valence-electron chi connectivity index (χ1n) is 9.68. The van der Waals surface area contributed by atoms with Gasteiger partial charge >= 0.3 is 12.2 Å². The third-order valence-corrected chi connectivity index (χ3v) is 5.54. The van der Waals surface area contributed by atoms with E-state index in [1.807, 2.05) is 37.3 Å². The van der Waals surface area contributed by atoms with Crippen LogP contribution >= 0.6 is 11.6 Å². The predicted molar refractivity (Wildman–Crippen MR) is 109 cm³/mol. The average molecular weight is 432 g/mol. The summed E-state index contributed by atoms with van der Waals surface area (Å²) < 4.78 is 5.44. The smallest absolute Gasteiger partial charge is 0.410 e. The Labute approximate surface area is 178 Å². The molecule has 2 aliphatic rings. The molecule has 0 bridgehead atoms. The molecule has 0 radical (unpaired) electrons. The van der Waals surface area contributed by atoms with Gasteiger partial charge in [0, 0.05) is 31.2 Å². The molecule has 2 amide bonds. The van der Waals surface area contributed by atoms with Gasteiger partial charge in [0.2, 0.25) is 5.28 Å². The molecule has 0 spiro atoms. The van der Waals surface area contributed by atoms with E-state index in [1.165, 1.54) is 4.90 Å². The third kappa shape index (κ3) is 4.11. The fourth-order valence-electron chi connectivity index (χ4n) is 3.83. The van der Waals surface area contributed by atoms with Gasteiger partial charge in [-0.15, -0.1) is 0 Å². The number of amides is 2. The Morgan fingerprint density at radius 3 is 2.63 bits per heavy atom. The Balaban J connectivity index is 1.43. The number of anilines is 1. The van der Waals surface area contributed by atoms with Gasteiger partial charge in [0.1, 0.15) is 12.4 Å². The van der Waals surface area contributed by atoms with Crippen LogP contribution in [0.4, 0.5) is 15.4 Å². The number of benzene rings is 1. The molecule has 1 N–H and O–H groups in total. The number of nitrogens with zero attached hydrogens (tertiary/aromatic N) is 5. The highest BCUT2D eigenvalue weighted by Gasteiger charge is 2.34. The number of halogens is 1. The van der Waals surface area contributed by atoms with Gasteiger partial charge in [0.15, 0.2) is 0 Å². The van der Waals surface area contributed by atoms with Crippen molar-refractivity contribution in [3.05, 3.63) is 52.4 Å². The van der Waals surface area contributed by atoms with Crippen LogP contribution in [-0.2, 0) is 24.4 Å². The molecule has 0 saturated carbocycles. The standard InChI is InChI=1S/C20H22ClN5O4/c1-13-9-24(20(29)30-12-14-5-3-2-4-6-14)7-8-26(13)17-15-10-25(19(27)28)11-16(15)22-18(21)23-17/h2-6,13H,7-12H2,1H3,(H,27,28)/t13-/m0/s1. The minimum absolute atomic E-state index is 0.0445. The number of fused-ring (bicyclic) bond motifs is 1. The minimum atomic E-state index is -1.01. The highest BCUT2D eigenvalue weighted by atomic mass is 35.5. The molecule has 9 nitrogen and oxygen atoms in total. The molecule has 1 saturated heterocycles. The summed E-state index contributed by atoms with van der Waals surface area (Å²) in [6.45, 7) is 4.11. The van der Waals surface area contributed by atoms with E-state index < -0.39 is 6.09 Å². The summed E-state index contributed by atoms with van der Waals surface area (Å²) in [6, 6.07) is 9.50. The summed E-state index contributed by atoms with van der Waals surface area (Å²) in [7, 11) is 0. The highest BCUT2D eigenvalue weighted by Crippen LogP contribution is 2.32. The van der Waals surface area contributed by atoms with Gasteiger partial charge in [0.25, 0.3) is 0 Å². The maximum atomic E-state index is 12.5. The lowest BCUT2D eigenvalue weighted by molar-refractivity contribution is 0.0897. The number of carboxylic acid groups (broad SMARTS) is 1. The van der Waals surface area contributed by atoms with Crippen LogP contribution in [0.2, 0.25) is 5.28 Å². The summed E-state index contributed by atoms with van der Waals surface area (Å²) in [6.07, 6.45) is -1.36. The maximum Gasteiger partial charge on any atom is 0.410 e. The quantitative estimate of drug-likeness (QED) is 0.746. The second-order valence-corrected chi connectivity index (χ2v) is 7.75. The number of hydrogen-bond acceptors (Lipinski definition) is 6. The van der Waals surface area contributed by atoms with Crippen molar-refractivity contribution >= 4 is 29.6 Å². The van der Waals surface area contributed by atoms with Crippen LogP contribution in [0, 0.1) is 0 Å². The van der Waals surface area contributed by atoms with Crippen molar-refractivity contribution in [1.29, 1.82) is 0 Å². The van der Waals surface area contributed by atoms with Gasteiger partial charge in [-0.3, -0.25) is 4.90 Å². The molecule has 10 heteroatoms. The summed E-state index contributed by atoms with van der Waals surface area (Å²) in [5, 5.41) is 9.40. The number of piperazine rings is 1. The Bertz CT molecular complexity index is 958. The minimum Gasteiger partial charge on any atom is -0.465 e. The summed E-state index contributed by atoms with van der Waals surface area (Å²) in [5.74, 6) is 0.638. The van der Waals surface area contributed by atoms with Crippen LogP contribution in [0.1, 0.15) is 23.7 Å². The van der Waals surface area contributed by atoms with Crippen molar-refractivity contribution in [3.8, 4) is 0 Å². The van der Waals surface area contributed by atoms with Crippen molar-refractivity contribution in [2.24, 2.45) is 0 Å². The lowest BCUT2D eigenvalue weighted by atomic mass is 10.1. The summed E-state index contributed by atoms with van der Waals surface area (Å²) in [5.41, 5.74) is 2.34. The van der Waals surface area contributed by atoms with Crippen molar-refractivity contribution in [2.75, 3.05) is 24.5 Å². The first kappa shape index (κ1) is 20.2. The SMILES string of the molecule is C[C@H]1CN(C(=O)OCc2ccccc2)CCN1c1nc(Cl)nc2c1CN(C(=O)O)C2. The molecule has 1 aromatic carbocycles. The second-order valence-electron chi connectivity index (χ2n) is 7.41. The normalized spacial score (nSPS) is 18.3. The predicted octanol–water partition coefficient (Wildman–Crippen LogP) is 2.97. The molecule has 1 aromatic heterocycles. The van der Waals surface area contributed by atoms with Gasteiger partial charge < -0.3 is 19.6 Å². The first-order chi connectivity index (χ1) is 14.4. The Morgan fingerprint density at radius 1 is 1.17 bits per heavy atom. The van der Waals surface area contributed by atoms with E-state index in [4.69, 9.17) is 16.3 Å². The molecule has 0 unspecified atom stereocenters. The van der Waals surface area contributed by atoms with Crippen molar-refractivity contribution in [3.63, 3.8) is 0 Å². The molecular weight excluding hydrogens is 410 g/mol. The largest absolute Gasteiger partial charge is 0.465 e. The molecule has 2 aliphatic heterocycles. The van der Waals surface area contributed by atoms with Gasteiger partial charge in [0.05, 0.1) is 18.8 Å². The molecule has 2 aromatic rings. The van der Waals surface area contributed by atoms with E-state index in [0.29, 0.717) is 31.1 Å². The molecule has 158 valence electrons. The lowest BCUT2D eigenvalue weighted by Gasteiger charge is -2.40. The molecule has 1 atom stereocenters. The molecule has 0 aliphatic carbocycles. The maximum absolute atomic E-state index is 12.5. The Hall–Kier alpha value is -3.07. The summed E-state index contributed by atoms with van der Waals surface area (Å²) in [4.78, 5) is 37.4. The van der Waals surface area contributed by atoms with E-state index >= 15 is 0 Å². The number of hydrogen-bond donors (Lipinski definition) is 1. The van der Waals surface area contributed by atoms with Crippen LogP contribution in [0.3, 0.4) is 0 Å². The van der Waals surface area contributed by atoms with Crippen LogP contribution < -0.4 is 4.90 Å². The fourth-order valence-corrected chi connectivity index (χ4v) is 4.01. The van der Waals surface area contributed by atoms with E-state index in [0.717, 1.165) is 11.1 Å². The number of carbonyl (C=O) groups excluding carboxylic acids is 1. The third-order valence-electron chi connectivity index (χ3n) is 5.37. The van der Waals surface area contributed by atoms with E-state index in [2.05, 4.69) is 14.9 Å². The van der Waals surface area contributed by atoms with Crippen molar-refractivity contribution in [2.45, 2.75) is 32.7 Å². The van der Waals surface area contributed by atoms with Crippen molar-refractivity contribution < 1.29 is 19.4 Å². The van der Waals surface area contributed by atoms with Crippen LogP contribution in [-0.4, -0.2) is 62.7 Å². The topological polar surface area (TPSA) is 99.1 Å². The van der Waals surface area contributed by atoms with E-state index in [9.17, 15) is 14.7 Å². The second kappa shape index (κ2) is 8.35. The lowest BCUT2D eigenvalue weighted by Crippen LogP contribution is -2.54. The molecule has 3 heterocycles. The molecule has 4 rings (SSSR count). The van der Waals surface area contributed by atoms with Gasteiger partial charge in [-0.25, -0.2) is 19.6 Å².